The lowest BCUT2D eigenvalue weighted by Gasteiger charge is -2.36. The lowest BCUT2D eigenvalue weighted by Crippen LogP contribution is -2.51. The number of thiophene rings is 1. The highest BCUT2D eigenvalue weighted by molar-refractivity contribution is 7.13. The molecule has 128 valence electrons. The van der Waals surface area contributed by atoms with Gasteiger partial charge in [0.15, 0.2) is 0 Å². The Balaban J connectivity index is 1.70. The number of anilines is 1. The third kappa shape index (κ3) is 4.14. The van der Waals surface area contributed by atoms with Gasteiger partial charge in [-0.15, -0.1) is 11.3 Å². The number of nitrogens with zero attached hydrogens (tertiary/aromatic N) is 1. The highest BCUT2D eigenvalue weighted by Gasteiger charge is 2.28. The van der Waals surface area contributed by atoms with E-state index in [1.54, 1.807) is 23.2 Å². The molecule has 5 nitrogen and oxygen atoms in total. The van der Waals surface area contributed by atoms with Crippen LogP contribution in [-0.2, 0) is 4.74 Å². The Morgan fingerprint density at radius 1 is 1.46 bits per heavy atom. The summed E-state index contributed by atoms with van der Waals surface area (Å²) < 4.78 is 5.45. The molecule has 1 fully saturated rings. The van der Waals surface area contributed by atoms with Crippen LogP contribution in [0.4, 0.5) is 10.5 Å². The summed E-state index contributed by atoms with van der Waals surface area (Å²) in [6.07, 6.45) is 0.0528. The molecule has 0 bridgehead atoms. The number of aliphatic hydroxyl groups excluding tert-OH is 1. The SMILES string of the molecule is C[C@@H](O)C[C@H]1COCCN1C(=O)Nc1cccc(-c2cccs2)c1. The van der Waals surface area contributed by atoms with Crippen LogP contribution >= 0.6 is 11.3 Å². The van der Waals surface area contributed by atoms with Gasteiger partial charge in [-0.1, -0.05) is 18.2 Å². The molecule has 1 aromatic heterocycles. The van der Waals surface area contributed by atoms with Crippen molar-refractivity contribution in [2.75, 3.05) is 25.1 Å². The van der Waals surface area contributed by atoms with E-state index < -0.39 is 6.10 Å². The molecule has 1 aliphatic heterocycles. The molecule has 1 saturated heterocycles. The average Bonchev–Trinajstić information content (AvgIpc) is 3.09. The minimum absolute atomic E-state index is 0.0979. The summed E-state index contributed by atoms with van der Waals surface area (Å²) in [5.41, 5.74) is 1.86. The predicted octanol–water partition coefficient (Wildman–Crippen LogP) is 3.42. The van der Waals surface area contributed by atoms with Crippen molar-refractivity contribution in [1.82, 2.24) is 4.90 Å². The molecule has 2 heterocycles. The van der Waals surface area contributed by atoms with Crippen molar-refractivity contribution in [2.45, 2.75) is 25.5 Å². The van der Waals surface area contributed by atoms with Crippen molar-refractivity contribution in [3.63, 3.8) is 0 Å². The first-order valence-electron chi connectivity index (χ1n) is 8.11. The van der Waals surface area contributed by atoms with Crippen LogP contribution in [0.1, 0.15) is 13.3 Å². The molecule has 24 heavy (non-hydrogen) atoms. The standard InChI is InChI=1S/C18H22N2O3S/c1-13(21)10-16-12-23-8-7-20(16)18(22)19-15-5-2-4-14(11-15)17-6-3-9-24-17/h2-6,9,11,13,16,21H,7-8,10,12H2,1H3,(H,19,22)/t13-,16+/m1/s1. The van der Waals surface area contributed by atoms with E-state index >= 15 is 0 Å². The van der Waals surface area contributed by atoms with Gasteiger partial charge < -0.3 is 20.1 Å². The maximum Gasteiger partial charge on any atom is 0.322 e. The first-order chi connectivity index (χ1) is 11.6. The molecule has 2 atom stereocenters. The molecular formula is C18H22N2O3S. The summed E-state index contributed by atoms with van der Waals surface area (Å²) in [4.78, 5) is 15.6. The van der Waals surface area contributed by atoms with E-state index in [0.717, 1.165) is 11.3 Å². The second-order valence-corrected chi connectivity index (χ2v) is 6.94. The van der Waals surface area contributed by atoms with Crippen molar-refractivity contribution in [3.05, 3.63) is 41.8 Å². The number of carbonyl (C=O) groups excluding carboxylic acids is 1. The summed E-state index contributed by atoms with van der Waals surface area (Å²) in [5, 5.41) is 14.6. The van der Waals surface area contributed by atoms with Crippen molar-refractivity contribution in [2.24, 2.45) is 0 Å². The van der Waals surface area contributed by atoms with Crippen molar-refractivity contribution >= 4 is 23.1 Å². The highest BCUT2D eigenvalue weighted by atomic mass is 32.1. The smallest absolute Gasteiger partial charge is 0.322 e. The molecule has 2 N–H and O–H groups in total. The zero-order valence-corrected chi connectivity index (χ0v) is 14.5. The third-order valence-electron chi connectivity index (χ3n) is 4.02. The van der Waals surface area contributed by atoms with E-state index in [4.69, 9.17) is 4.74 Å². The van der Waals surface area contributed by atoms with Crippen LogP contribution in [0.5, 0.6) is 0 Å². The fourth-order valence-corrected chi connectivity index (χ4v) is 3.62. The Labute approximate surface area is 145 Å². The monoisotopic (exact) mass is 346 g/mol. The third-order valence-corrected chi connectivity index (χ3v) is 4.94. The van der Waals surface area contributed by atoms with E-state index in [1.807, 2.05) is 35.7 Å². The van der Waals surface area contributed by atoms with Gasteiger partial charge in [-0.25, -0.2) is 4.79 Å². The number of nitrogens with one attached hydrogen (secondary N) is 1. The molecule has 2 aromatic rings. The molecule has 0 saturated carbocycles. The largest absolute Gasteiger partial charge is 0.393 e. The summed E-state index contributed by atoms with van der Waals surface area (Å²) >= 11 is 1.67. The van der Waals surface area contributed by atoms with Crippen LogP contribution in [0, 0.1) is 0 Å². The molecule has 1 aromatic carbocycles. The Bertz CT molecular complexity index is 673. The summed E-state index contributed by atoms with van der Waals surface area (Å²) in [5.74, 6) is 0. The van der Waals surface area contributed by atoms with Gasteiger partial charge >= 0.3 is 6.03 Å². The van der Waals surface area contributed by atoms with Gasteiger partial charge in [-0.3, -0.25) is 0 Å². The molecule has 0 radical (unpaired) electrons. The van der Waals surface area contributed by atoms with Gasteiger partial charge in [0.2, 0.25) is 0 Å². The lowest BCUT2D eigenvalue weighted by molar-refractivity contribution is -0.00160. The number of hydrogen-bond acceptors (Lipinski definition) is 4. The number of ether oxygens (including phenoxy) is 1. The second-order valence-electron chi connectivity index (χ2n) is 6.00. The Hall–Kier alpha value is -1.89. The van der Waals surface area contributed by atoms with E-state index in [1.165, 1.54) is 4.88 Å². The van der Waals surface area contributed by atoms with Gasteiger partial charge in [0.1, 0.15) is 0 Å². The van der Waals surface area contributed by atoms with E-state index in [2.05, 4.69) is 11.4 Å². The maximum absolute atomic E-state index is 12.6. The number of urea groups is 1. The fourth-order valence-electron chi connectivity index (χ4n) is 2.90. The number of hydrogen-bond donors (Lipinski definition) is 2. The number of rotatable bonds is 4. The van der Waals surface area contributed by atoms with E-state index in [0.29, 0.717) is 26.2 Å². The number of morpholine rings is 1. The minimum Gasteiger partial charge on any atom is -0.393 e. The lowest BCUT2D eigenvalue weighted by atomic mass is 10.1. The first-order valence-corrected chi connectivity index (χ1v) is 8.99. The molecule has 1 aliphatic rings. The van der Waals surface area contributed by atoms with Crippen LogP contribution in [0.25, 0.3) is 10.4 Å². The minimum atomic E-state index is -0.464. The fraction of sp³-hybridized carbons (Fsp3) is 0.389. The van der Waals surface area contributed by atoms with Crippen molar-refractivity contribution in [3.8, 4) is 10.4 Å². The quantitative estimate of drug-likeness (QED) is 0.892. The Kier molecular flexibility index (Phi) is 5.50. The van der Waals surface area contributed by atoms with Crippen LogP contribution in [0.15, 0.2) is 41.8 Å². The normalized spacial score (nSPS) is 19.1. The molecule has 3 rings (SSSR count). The molecule has 0 spiro atoms. The maximum atomic E-state index is 12.6. The zero-order chi connectivity index (χ0) is 16.9. The van der Waals surface area contributed by atoms with Gasteiger partial charge in [0.25, 0.3) is 0 Å². The molecule has 0 unspecified atom stereocenters. The second kappa shape index (κ2) is 7.79. The Morgan fingerprint density at radius 3 is 3.08 bits per heavy atom. The predicted molar refractivity (Wildman–Crippen MR) is 96.4 cm³/mol. The summed E-state index contributed by atoms with van der Waals surface area (Å²) in [6, 6.07) is 11.7. The molecule has 0 aliphatic carbocycles. The highest BCUT2D eigenvalue weighted by Crippen LogP contribution is 2.27. The zero-order valence-electron chi connectivity index (χ0n) is 13.6. The number of aliphatic hydroxyl groups is 1. The van der Waals surface area contributed by atoms with Crippen LogP contribution in [0.3, 0.4) is 0 Å². The first kappa shape index (κ1) is 17.0. The van der Waals surface area contributed by atoms with Crippen molar-refractivity contribution in [1.29, 1.82) is 0 Å². The molecular weight excluding hydrogens is 324 g/mol. The average molecular weight is 346 g/mol. The molecule has 2 amide bonds. The summed E-state index contributed by atoms with van der Waals surface area (Å²) in [6.45, 7) is 3.26. The topological polar surface area (TPSA) is 61.8 Å². The molecule has 6 heteroatoms. The van der Waals surface area contributed by atoms with E-state index in [9.17, 15) is 9.90 Å². The number of benzene rings is 1. The van der Waals surface area contributed by atoms with Gasteiger partial charge in [-0.05, 0) is 42.5 Å². The number of amides is 2. The van der Waals surface area contributed by atoms with Gasteiger partial charge in [-0.2, -0.15) is 0 Å². The number of carbonyl (C=O) groups is 1. The van der Waals surface area contributed by atoms with Crippen LogP contribution < -0.4 is 5.32 Å². The Morgan fingerprint density at radius 2 is 2.33 bits per heavy atom. The summed E-state index contributed by atoms with van der Waals surface area (Å²) in [7, 11) is 0. The van der Waals surface area contributed by atoms with E-state index in [-0.39, 0.29) is 12.1 Å². The van der Waals surface area contributed by atoms with Gasteiger partial charge in [0, 0.05) is 17.1 Å². The van der Waals surface area contributed by atoms with Gasteiger partial charge in [0.05, 0.1) is 25.4 Å². The van der Waals surface area contributed by atoms with Crippen LogP contribution in [0.2, 0.25) is 0 Å². The van der Waals surface area contributed by atoms with Crippen LogP contribution in [-0.4, -0.2) is 47.9 Å². The van der Waals surface area contributed by atoms with Crippen molar-refractivity contribution < 1.29 is 14.6 Å².